The van der Waals surface area contributed by atoms with E-state index in [1.54, 1.807) is 11.0 Å². The van der Waals surface area contributed by atoms with Crippen molar-refractivity contribution in [3.8, 4) is 17.1 Å². The lowest BCUT2D eigenvalue weighted by molar-refractivity contribution is -0.0306. The fraction of sp³-hybridized carbons (Fsp3) is 0.528. The zero-order valence-corrected chi connectivity index (χ0v) is 28.7. The third kappa shape index (κ3) is 6.46. The SMILES string of the molecule is Cc1cccc(C)c1-c1cc2nc(n1)NS(=O)(=O)c1cccc(c1)C(C1CC3(CCN(C(=O)N(C)C)CC3)C1)[C@H](CC(C)C)CO2. The van der Waals surface area contributed by atoms with Gasteiger partial charge in [0.15, 0.2) is 0 Å². The lowest BCUT2D eigenvalue weighted by Crippen LogP contribution is -2.52. The molecule has 1 aromatic heterocycles. The van der Waals surface area contributed by atoms with E-state index in [1.165, 1.54) is 0 Å². The van der Waals surface area contributed by atoms with Gasteiger partial charge in [0.2, 0.25) is 11.8 Å². The topological polar surface area (TPSA) is 105 Å². The molecule has 1 saturated heterocycles. The molecule has 2 fully saturated rings. The first-order valence-corrected chi connectivity index (χ1v) is 18.0. The Balaban J connectivity index is 1.35. The summed E-state index contributed by atoms with van der Waals surface area (Å²) in [6.45, 7) is 10.6. The van der Waals surface area contributed by atoms with Gasteiger partial charge in [-0.15, -0.1) is 0 Å². The maximum absolute atomic E-state index is 13.8. The molecule has 4 bridgehead atoms. The second-order valence-electron chi connectivity index (χ2n) is 14.4. The Bertz CT molecular complexity index is 1690. The van der Waals surface area contributed by atoms with Crippen LogP contribution in [0.25, 0.3) is 11.3 Å². The van der Waals surface area contributed by atoms with Gasteiger partial charge in [-0.25, -0.2) is 22.9 Å². The van der Waals surface area contributed by atoms with E-state index in [0.717, 1.165) is 67.4 Å². The predicted molar refractivity (Wildman–Crippen MR) is 180 cm³/mol. The highest BCUT2D eigenvalue weighted by molar-refractivity contribution is 7.92. The minimum Gasteiger partial charge on any atom is -0.477 e. The van der Waals surface area contributed by atoms with Gasteiger partial charge in [0.1, 0.15) is 0 Å². The highest BCUT2D eigenvalue weighted by Gasteiger charge is 2.50. The number of carbonyl (C=O) groups is 1. The molecule has 9 nitrogen and oxygen atoms in total. The number of piperidine rings is 1. The zero-order valence-electron chi connectivity index (χ0n) is 27.9. The molecule has 3 aliphatic rings. The number of nitrogens with one attached hydrogen (secondary N) is 1. The van der Waals surface area contributed by atoms with Gasteiger partial charge in [0.05, 0.1) is 17.2 Å². The molecule has 3 aromatic rings. The van der Waals surface area contributed by atoms with Gasteiger partial charge < -0.3 is 14.5 Å². The van der Waals surface area contributed by atoms with Gasteiger partial charge in [0.25, 0.3) is 10.0 Å². The third-order valence-electron chi connectivity index (χ3n) is 10.3. The Hall–Kier alpha value is -3.66. The maximum atomic E-state index is 13.8. The van der Waals surface area contributed by atoms with Crippen LogP contribution >= 0.6 is 0 Å². The summed E-state index contributed by atoms with van der Waals surface area (Å²) in [6.07, 6.45) is 5.09. The number of sulfonamides is 1. The number of urea groups is 1. The van der Waals surface area contributed by atoms with E-state index in [0.29, 0.717) is 30.0 Å². The van der Waals surface area contributed by atoms with E-state index >= 15 is 0 Å². The number of nitrogens with zero attached hydrogens (tertiary/aromatic N) is 4. The summed E-state index contributed by atoms with van der Waals surface area (Å²) in [6, 6.07) is 15.4. The number of aromatic nitrogens is 2. The number of anilines is 1. The Morgan fingerprint density at radius 3 is 2.37 bits per heavy atom. The molecule has 2 aliphatic heterocycles. The van der Waals surface area contributed by atoms with Crippen LogP contribution in [0.3, 0.4) is 0 Å². The molecule has 6 rings (SSSR count). The second kappa shape index (κ2) is 12.5. The van der Waals surface area contributed by atoms with E-state index in [2.05, 4.69) is 34.6 Å². The van der Waals surface area contributed by atoms with Gasteiger partial charge >= 0.3 is 6.03 Å². The first kappa shape index (κ1) is 32.3. The highest BCUT2D eigenvalue weighted by atomic mass is 32.2. The molecule has 1 saturated carbocycles. The molecule has 46 heavy (non-hydrogen) atoms. The monoisotopic (exact) mass is 645 g/mol. The fourth-order valence-electron chi connectivity index (χ4n) is 8.17. The van der Waals surface area contributed by atoms with E-state index in [-0.39, 0.29) is 34.1 Å². The molecule has 1 N–H and O–H groups in total. The standard InChI is InChI=1S/C36H47N5O4S/c1-23(2)17-27-22-45-31-19-30(32-24(3)9-7-10-25(32)4)37-34(38-31)39-46(43,44)29-12-8-11-26(18-29)33(27)28-20-36(21-28)13-15-41(16-14-36)35(42)40(5)6/h7-12,18-19,23,27-28,33H,13-17,20-22H2,1-6H3,(H,37,38,39)/t27-,33?/m1/s1. The van der Waals surface area contributed by atoms with Crippen molar-refractivity contribution < 1.29 is 17.9 Å². The Labute approximate surface area is 273 Å². The number of hydrogen-bond acceptors (Lipinski definition) is 6. The molecule has 246 valence electrons. The normalized spacial score (nSPS) is 22.2. The van der Waals surface area contributed by atoms with Crippen molar-refractivity contribution in [3.05, 3.63) is 65.2 Å². The molecule has 1 aliphatic carbocycles. The summed E-state index contributed by atoms with van der Waals surface area (Å²) < 4.78 is 36.8. The average molecular weight is 646 g/mol. The summed E-state index contributed by atoms with van der Waals surface area (Å²) in [4.78, 5) is 25.6. The van der Waals surface area contributed by atoms with Crippen molar-refractivity contribution in [1.82, 2.24) is 19.8 Å². The smallest absolute Gasteiger partial charge is 0.319 e. The lowest BCUT2D eigenvalue weighted by Gasteiger charge is -2.55. The summed E-state index contributed by atoms with van der Waals surface area (Å²) in [7, 11) is -0.347. The van der Waals surface area contributed by atoms with E-state index in [4.69, 9.17) is 4.74 Å². The van der Waals surface area contributed by atoms with Crippen LogP contribution in [0.2, 0.25) is 0 Å². The lowest BCUT2D eigenvalue weighted by atomic mass is 9.52. The number of carbonyl (C=O) groups excluding carboxylic acids is 1. The van der Waals surface area contributed by atoms with Crippen LogP contribution in [0.5, 0.6) is 5.88 Å². The summed E-state index contributed by atoms with van der Waals surface area (Å²) in [5, 5.41) is 0. The van der Waals surface area contributed by atoms with Crippen LogP contribution in [-0.2, 0) is 10.0 Å². The van der Waals surface area contributed by atoms with Gasteiger partial charge in [0, 0.05) is 44.7 Å². The van der Waals surface area contributed by atoms with Crippen LogP contribution in [0.1, 0.15) is 68.6 Å². The number of rotatable bonds is 4. The fourth-order valence-corrected chi connectivity index (χ4v) is 9.17. The number of hydrogen-bond donors (Lipinski definition) is 1. The Kier molecular flexibility index (Phi) is 8.78. The molecule has 2 aromatic carbocycles. The van der Waals surface area contributed by atoms with Crippen molar-refractivity contribution in [2.45, 2.75) is 70.6 Å². The average Bonchev–Trinajstić information content (AvgIpc) is 2.98. The molecule has 3 heterocycles. The number of benzene rings is 2. The first-order valence-electron chi connectivity index (χ1n) is 16.5. The summed E-state index contributed by atoms with van der Waals surface area (Å²) in [5.41, 5.74) is 4.92. The van der Waals surface area contributed by atoms with E-state index < -0.39 is 10.0 Å². The maximum Gasteiger partial charge on any atom is 0.319 e. The molecule has 10 heteroatoms. The molecular formula is C36H47N5O4S. The third-order valence-corrected chi connectivity index (χ3v) is 11.6. The molecule has 2 atom stereocenters. The van der Waals surface area contributed by atoms with Crippen molar-refractivity contribution in [3.63, 3.8) is 0 Å². The predicted octanol–water partition coefficient (Wildman–Crippen LogP) is 6.87. The minimum absolute atomic E-state index is 0.00175. The number of ether oxygens (including phenoxy) is 1. The van der Waals surface area contributed by atoms with Crippen LogP contribution in [-0.4, -0.2) is 68.0 Å². The van der Waals surface area contributed by atoms with Crippen molar-refractivity contribution in [2.24, 2.45) is 23.2 Å². The number of likely N-dealkylation sites (tertiary alicyclic amines) is 1. The quantitative estimate of drug-likeness (QED) is 0.332. The van der Waals surface area contributed by atoms with E-state index in [1.807, 2.05) is 69.2 Å². The summed E-state index contributed by atoms with van der Waals surface area (Å²) >= 11 is 0. The number of amides is 2. The van der Waals surface area contributed by atoms with Gasteiger partial charge in [-0.3, -0.25) is 0 Å². The molecule has 0 radical (unpaired) electrons. The molecule has 1 unspecified atom stereocenters. The Morgan fingerprint density at radius 2 is 1.72 bits per heavy atom. The molecular weight excluding hydrogens is 598 g/mol. The first-order chi connectivity index (χ1) is 21.8. The summed E-state index contributed by atoms with van der Waals surface area (Å²) in [5.74, 6) is 1.47. The van der Waals surface area contributed by atoms with Gasteiger partial charge in [-0.05, 0) is 97.9 Å². The van der Waals surface area contributed by atoms with Gasteiger partial charge in [-0.2, -0.15) is 4.98 Å². The zero-order chi connectivity index (χ0) is 32.8. The largest absolute Gasteiger partial charge is 0.477 e. The van der Waals surface area contributed by atoms with Gasteiger partial charge in [-0.1, -0.05) is 44.2 Å². The Morgan fingerprint density at radius 1 is 1.04 bits per heavy atom. The van der Waals surface area contributed by atoms with Crippen molar-refractivity contribution in [1.29, 1.82) is 0 Å². The van der Waals surface area contributed by atoms with Crippen LogP contribution in [0.4, 0.5) is 10.7 Å². The molecule has 2 amide bonds. The molecule has 1 spiro atoms. The van der Waals surface area contributed by atoms with Crippen LogP contribution in [0.15, 0.2) is 53.4 Å². The van der Waals surface area contributed by atoms with E-state index in [9.17, 15) is 13.2 Å². The van der Waals surface area contributed by atoms with Crippen LogP contribution < -0.4 is 9.46 Å². The minimum atomic E-state index is -3.96. The van der Waals surface area contributed by atoms with Crippen molar-refractivity contribution >= 4 is 22.0 Å². The number of fused-ring (bicyclic) bond motifs is 4. The van der Waals surface area contributed by atoms with Crippen molar-refractivity contribution in [2.75, 3.05) is 38.5 Å². The number of aryl methyl sites for hydroxylation is 2. The highest BCUT2D eigenvalue weighted by Crippen LogP contribution is 2.59. The second-order valence-corrected chi connectivity index (χ2v) is 16.1. The van der Waals surface area contributed by atoms with Crippen LogP contribution in [0, 0.1) is 37.0 Å².